The number of carbonyl (C=O) groups excluding carboxylic acids is 2. The smallest absolute Gasteiger partial charge is 0.254 e. The third-order valence-corrected chi connectivity index (χ3v) is 6.14. The first kappa shape index (κ1) is 23.6. The molecule has 1 aliphatic rings. The van der Waals surface area contributed by atoms with Gasteiger partial charge >= 0.3 is 0 Å². The third-order valence-electron chi connectivity index (χ3n) is 6.14. The van der Waals surface area contributed by atoms with Crippen molar-refractivity contribution in [3.05, 3.63) is 58.9 Å². The van der Waals surface area contributed by atoms with Gasteiger partial charge in [0.1, 0.15) is 5.82 Å². The van der Waals surface area contributed by atoms with Crippen LogP contribution in [0.5, 0.6) is 11.5 Å². The van der Waals surface area contributed by atoms with Gasteiger partial charge in [-0.2, -0.15) is 0 Å². The molecule has 0 fully saturated rings. The van der Waals surface area contributed by atoms with Gasteiger partial charge in [0.05, 0.1) is 26.2 Å². The first-order chi connectivity index (χ1) is 15.4. The summed E-state index contributed by atoms with van der Waals surface area (Å²) in [7, 11) is 4.61. The molecule has 0 bridgehead atoms. The van der Waals surface area contributed by atoms with Gasteiger partial charge in [0.15, 0.2) is 11.5 Å². The van der Waals surface area contributed by atoms with Crippen LogP contribution in [0.2, 0.25) is 0 Å². The molecule has 2 amide bonds. The SMILES string of the molecule is CCCCN(CC)C(=O)[C@@H]1c2cc(OC)c(OC)cc2C(=O)N(C)[C@H]1c1ccccc1F. The van der Waals surface area contributed by atoms with Crippen LogP contribution in [0.4, 0.5) is 4.39 Å². The minimum Gasteiger partial charge on any atom is -0.493 e. The molecule has 0 unspecified atom stereocenters. The zero-order valence-electron chi connectivity index (χ0n) is 19.4. The molecule has 0 spiro atoms. The number of hydrogen-bond donors (Lipinski definition) is 0. The molecule has 0 saturated heterocycles. The highest BCUT2D eigenvalue weighted by Crippen LogP contribution is 2.46. The van der Waals surface area contributed by atoms with Crippen molar-refractivity contribution in [2.75, 3.05) is 34.4 Å². The van der Waals surface area contributed by atoms with E-state index in [1.807, 2.05) is 6.92 Å². The largest absolute Gasteiger partial charge is 0.493 e. The fraction of sp³-hybridized carbons (Fsp3) is 0.440. The lowest BCUT2D eigenvalue weighted by Crippen LogP contribution is -2.47. The van der Waals surface area contributed by atoms with E-state index < -0.39 is 17.8 Å². The molecule has 172 valence electrons. The van der Waals surface area contributed by atoms with Crippen molar-refractivity contribution in [2.45, 2.75) is 38.6 Å². The summed E-state index contributed by atoms with van der Waals surface area (Å²) in [6.07, 6.45) is 1.81. The van der Waals surface area contributed by atoms with Crippen LogP contribution in [-0.2, 0) is 4.79 Å². The summed E-state index contributed by atoms with van der Waals surface area (Å²) < 4.78 is 25.8. The number of halogens is 1. The van der Waals surface area contributed by atoms with Gasteiger partial charge in [-0.1, -0.05) is 31.5 Å². The minimum atomic E-state index is -0.780. The topological polar surface area (TPSA) is 59.1 Å². The number of hydrogen-bond acceptors (Lipinski definition) is 4. The summed E-state index contributed by atoms with van der Waals surface area (Å²) in [4.78, 5) is 30.5. The molecule has 0 aromatic heterocycles. The summed E-state index contributed by atoms with van der Waals surface area (Å²) in [6, 6.07) is 8.82. The van der Waals surface area contributed by atoms with Crippen LogP contribution < -0.4 is 9.47 Å². The van der Waals surface area contributed by atoms with E-state index in [0.717, 1.165) is 12.8 Å². The molecule has 0 saturated carbocycles. The number of rotatable bonds is 8. The molecule has 7 heteroatoms. The zero-order chi connectivity index (χ0) is 23.4. The third kappa shape index (κ3) is 4.16. The first-order valence-corrected chi connectivity index (χ1v) is 11.0. The Kier molecular flexibility index (Phi) is 7.38. The number of ether oxygens (including phenoxy) is 2. The average Bonchev–Trinajstić information content (AvgIpc) is 2.81. The Hall–Kier alpha value is -3.09. The number of nitrogens with zero attached hydrogens (tertiary/aromatic N) is 2. The maximum absolute atomic E-state index is 14.9. The number of benzene rings is 2. The maximum Gasteiger partial charge on any atom is 0.254 e. The van der Waals surface area contributed by atoms with Crippen LogP contribution in [0.25, 0.3) is 0 Å². The Bertz CT molecular complexity index is 994. The highest BCUT2D eigenvalue weighted by Gasteiger charge is 2.45. The van der Waals surface area contributed by atoms with E-state index in [1.54, 1.807) is 42.3 Å². The number of methoxy groups -OCH3 is 2. The van der Waals surface area contributed by atoms with Crippen molar-refractivity contribution in [1.82, 2.24) is 9.80 Å². The van der Waals surface area contributed by atoms with E-state index in [4.69, 9.17) is 9.47 Å². The number of amides is 2. The Balaban J connectivity index is 2.25. The van der Waals surface area contributed by atoms with E-state index in [1.165, 1.54) is 25.2 Å². The second-order valence-corrected chi connectivity index (χ2v) is 7.93. The van der Waals surface area contributed by atoms with Gasteiger partial charge in [0, 0.05) is 31.3 Å². The molecular weight excluding hydrogens is 411 g/mol. The Morgan fingerprint density at radius 1 is 1.09 bits per heavy atom. The predicted molar refractivity (Wildman–Crippen MR) is 121 cm³/mol. The average molecular weight is 443 g/mol. The molecule has 0 N–H and O–H groups in total. The van der Waals surface area contributed by atoms with Gasteiger partial charge in [0.25, 0.3) is 5.91 Å². The van der Waals surface area contributed by atoms with E-state index in [9.17, 15) is 14.0 Å². The predicted octanol–water partition coefficient (Wildman–Crippen LogP) is 4.40. The number of unbranched alkanes of at least 4 members (excludes halogenated alkanes) is 1. The van der Waals surface area contributed by atoms with Gasteiger partial charge < -0.3 is 19.3 Å². The van der Waals surface area contributed by atoms with Crippen LogP contribution in [0, 0.1) is 5.82 Å². The number of fused-ring (bicyclic) bond motifs is 1. The van der Waals surface area contributed by atoms with Crippen LogP contribution in [0.1, 0.15) is 60.1 Å². The van der Waals surface area contributed by atoms with Gasteiger partial charge in [0.2, 0.25) is 5.91 Å². The summed E-state index contributed by atoms with van der Waals surface area (Å²) in [6.45, 7) is 5.13. The van der Waals surface area contributed by atoms with Crippen LogP contribution in [-0.4, -0.2) is 56.0 Å². The van der Waals surface area contributed by atoms with Gasteiger partial charge in [-0.05, 0) is 37.1 Å². The van der Waals surface area contributed by atoms with Gasteiger partial charge in [-0.15, -0.1) is 0 Å². The highest BCUT2D eigenvalue weighted by molar-refractivity contribution is 6.02. The zero-order valence-corrected chi connectivity index (χ0v) is 19.4. The monoisotopic (exact) mass is 442 g/mol. The summed E-state index contributed by atoms with van der Waals surface area (Å²) >= 11 is 0. The van der Waals surface area contributed by atoms with Crippen molar-refractivity contribution >= 4 is 11.8 Å². The van der Waals surface area contributed by atoms with Crippen LogP contribution in [0.3, 0.4) is 0 Å². The lowest BCUT2D eigenvalue weighted by atomic mass is 9.78. The standard InChI is InChI=1S/C25H31FN2O4/c1-6-8-13-28(7-2)25(30)22-17-14-20(31-4)21(32-5)15-18(17)24(29)27(3)23(22)16-11-9-10-12-19(16)26/h9-12,14-15,22-23H,6-8,13H2,1-5H3/t22-,23+/m1/s1. The molecule has 2 aromatic rings. The maximum atomic E-state index is 14.9. The Morgan fingerprint density at radius 3 is 2.34 bits per heavy atom. The van der Waals surface area contributed by atoms with Gasteiger partial charge in [-0.3, -0.25) is 9.59 Å². The quantitative estimate of drug-likeness (QED) is 0.608. The normalized spacial score (nSPS) is 17.7. The summed E-state index contributed by atoms with van der Waals surface area (Å²) in [5, 5.41) is 0. The van der Waals surface area contributed by atoms with E-state index in [-0.39, 0.29) is 11.8 Å². The second-order valence-electron chi connectivity index (χ2n) is 7.93. The van der Waals surface area contributed by atoms with Crippen molar-refractivity contribution < 1.29 is 23.5 Å². The molecule has 3 rings (SSSR count). The van der Waals surface area contributed by atoms with Crippen LogP contribution in [0.15, 0.2) is 36.4 Å². The first-order valence-electron chi connectivity index (χ1n) is 11.0. The van der Waals surface area contributed by atoms with Gasteiger partial charge in [-0.25, -0.2) is 4.39 Å². The van der Waals surface area contributed by atoms with Crippen molar-refractivity contribution in [1.29, 1.82) is 0 Å². The fourth-order valence-electron chi connectivity index (χ4n) is 4.39. The molecular formula is C25H31FN2O4. The van der Waals surface area contributed by atoms with E-state index >= 15 is 0 Å². The molecule has 2 atom stereocenters. The molecule has 0 aliphatic carbocycles. The Morgan fingerprint density at radius 2 is 1.75 bits per heavy atom. The number of carbonyl (C=O) groups is 2. The lowest BCUT2D eigenvalue weighted by Gasteiger charge is -2.41. The fourth-order valence-corrected chi connectivity index (χ4v) is 4.39. The van der Waals surface area contributed by atoms with Crippen molar-refractivity contribution in [2.24, 2.45) is 0 Å². The number of likely N-dealkylation sites (N-methyl/N-ethyl adjacent to an activating group) is 2. The summed E-state index contributed by atoms with van der Waals surface area (Å²) in [5.41, 5.74) is 1.20. The van der Waals surface area contributed by atoms with Crippen molar-refractivity contribution in [3.63, 3.8) is 0 Å². The molecule has 6 nitrogen and oxygen atoms in total. The minimum absolute atomic E-state index is 0.137. The Labute approximate surface area is 188 Å². The van der Waals surface area contributed by atoms with Crippen LogP contribution >= 0.6 is 0 Å². The van der Waals surface area contributed by atoms with Crippen molar-refractivity contribution in [3.8, 4) is 11.5 Å². The second kappa shape index (κ2) is 10.0. The molecule has 2 aromatic carbocycles. The molecule has 1 aliphatic heterocycles. The highest BCUT2D eigenvalue weighted by atomic mass is 19.1. The molecule has 32 heavy (non-hydrogen) atoms. The van der Waals surface area contributed by atoms with E-state index in [2.05, 4.69) is 6.92 Å². The van der Waals surface area contributed by atoms with E-state index in [0.29, 0.717) is 41.3 Å². The summed E-state index contributed by atoms with van der Waals surface area (Å²) in [5.74, 6) is -0.833. The lowest BCUT2D eigenvalue weighted by molar-refractivity contribution is -0.134. The molecule has 0 radical (unpaired) electrons. The molecule has 1 heterocycles.